The van der Waals surface area contributed by atoms with Crippen molar-refractivity contribution in [2.75, 3.05) is 11.9 Å². The summed E-state index contributed by atoms with van der Waals surface area (Å²) in [6, 6.07) is 0. The lowest BCUT2D eigenvalue weighted by atomic mass is 10.4. The summed E-state index contributed by atoms with van der Waals surface area (Å²) in [6.07, 6.45) is 8.01. The second-order valence-corrected chi connectivity index (χ2v) is 3.29. The number of hydrogen-bond acceptors (Lipinski definition) is 5. The zero-order valence-corrected chi connectivity index (χ0v) is 8.95. The van der Waals surface area contributed by atoms with Crippen LogP contribution in [0.4, 0.5) is 5.82 Å². The second kappa shape index (κ2) is 5.06. The number of carboxylic acid groups (broad SMARTS) is 1. The van der Waals surface area contributed by atoms with Crippen molar-refractivity contribution in [3.05, 3.63) is 36.8 Å². The van der Waals surface area contributed by atoms with E-state index < -0.39 is 5.97 Å². The number of carbonyl (C=O) groups is 1. The Morgan fingerprint density at radius 2 is 2.18 bits per heavy atom. The summed E-state index contributed by atoms with van der Waals surface area (Å²) in [4.78, 5) is 22.5. The summed E-state index contributed by atoms with van der Waals surface area (Å²) in [7, 11) is 0. The molecule has 7 heteroatoms. The molecule has 0 fully saturated rings. The molecule has 0 saturated heterocycles. The van der Waals surface area contributed by atoms with Crippen LogP contribution < -0.4 is 5.32 Å². The molecule has 0 aliphatic heterocycles. The monoisotopic (exact) mass is 233 g/mol. The topological polar surface area (TPSA) is 92.9 Å². The SMILES string of the molecule is O=C(O)c1nccnc1NCCn1ccnc1. The van der Waals surface area contributed by atoms with Gasteiger partial charge >= 0.3 is 5.97 Å². The fourth-order valence-corrected chi connectivity index (χ4v) is 1.35. The predicted molar refractivity (Wildman–Crippen MR) is 59.7 cm³/mol. The third kappa shape index (κ3) is 2.77. The van der Waals surface area contributed by atoms with Crippen LogP contribution in [-0.2, 0) is 6.54 Å². The van der Waals surface area contributed by atoms with Crippen LogP contribution >= 0.6 is 0 Å². The molecule has 0 spiro atoms. The molecule has 0 bridgehead atoms. The van der Waals surface area contributed by atoms with E-state index in [-0.39, 0.29) is 11.5 Å². The van der Waals surface area contributed by atoms with Crippen LogP contribution in [0, 0.1) is 0 Å². The van der Waals surface area contributed by atoms with Crippen LogP contribution in [0.3, 0.4) is 0 Å². The maximum absolute atomic E-state index is 10.9. The third-order valence-corrected chi connectivity index (χ3v) is 2.12. The van der Waals surface area contributed by atoms with Gasteiger partial charge in [0.05, 0.1) is 6.33 Å². The van der Waals surface area contributed by atoms with Crippen LogP contribution in [0.5, 0.6) is 0 Å². The lowest BCUT2D eigenvalue weighted by Gasteiger charge is -2.07. The van der Waals surface area contributed by atoms with Gasteiger partial charge < -0.3 is 15.0 Å². The van der Waals surface area contributed by atoms with Gasteiger partial charge in [0.15, 0.2) is 11.5 Å². The van der Waals surface area contributed by atoms with Gasteiger partial charge in [-0.15, -0.1) is 0 Å². The Hall–Kier alpha value is -2.44. The van der Waals surface area contributed by atoms with Gasteiger partial charge in [-0.1, -0.05) is 0 Å². The number of anilines is 1. The standard InChI is InChI=1S/C10H11N5O2/c16-10(17)8-9(13-2-1-12-8)14-4-6-15-5-3-11-7-15/h1-3,5,7H,4,6H2,(H,13,14)(H,16,17). The molecule has 0 aliphatic rings. The second-order valence-electron chi connectivity index (χ2n) is 3.29. The highest BCUT2D eigenvalue weighted by Gasteiger charge is 2.11. The van der Waals surface area contributed by atoms with Gasteiger partial charge in [-0.2, -0.15) is 0 Å². The first-order valence-electron chi connectivity index (χ1n) is 5.01. The van der Waals surface area contributed by atoms with E-state index in [1.165, 1.54) is 12.4 Å². The Bertz CT molecular complexity index is 497. The quantitative estimate of drug-likeness (QED) is 0.780. The molecule has 0 saturated carbocycles. The molecule has 88 valence electrons. The van der Waals surface area contributed by atoms with Crippen LogP contribution in [0.1, 0.15) is 10.5 Å². The maximum Gasteiger partial charge on any atom is 0.358 e. The molecule has 0 radical (unpaired) electrons. The molecule has 17 heavy (non-hydrogen) atoms. The average Bonchev–Trinajstić information content (AvgIpc) is 2.82. The van der Waals surface area contributed by atoms with Crippen molar-refractivity contribution in [1.82, 2.24) is 19.5 Å². The van der Waals surface area contributed by atoms with Crippen LogP contribution in [0.15, 0.2) is 31.1 Å². The van der Waals surface area contributed by atoms with Crippen molar-refractivity contribution < 1.29 is 9.90 Å². The van der Waals surface area contributed by atoms with E-state index in [0.717, 1.165) is 0 Å². The zero-order valence-electron chi connectivity index (χ0n) is 8.95. The van der Waals surface area contributed by atoms with Crippen molar-refractivity contribution >= 4 is 11.8 Å². The Kier molecular flexibility index (Phi) is 3.29. The first-order valence-corrected chi connectivity index (χ1v) is 5.01. The molecule has 2 rings (SSSR count). The lowest BCUT2D eigenvalue weighted by molar-refractivity contribution is 0.0691. The molecule has 0 amide bonds. The molecule has 0 aromatic carbocycles. The number of nitrogens with zero attached hydrogens (tertiary/aromatic N) is 4. The minimum atomic E-state index is -1.09. The highest BCUT2D eigenvalue weighted by molar-refractivity contribution is 5.90. The van der Waals surface area contributed by atoms with Crippen molar-refractivity contribution in [3.8, 4) is 0 Å². The van der Waals surface area contributed by atoms with Crippen molar-refractivity contribution in [1.29, 1.82) is 0 Å². The normalized spacial score (nSPS) is 10.1. The van der Waals surface area contributed by atoms with E-state index in [4.69, 9.17) is 5.11 Å². The minimum Gasteiger partial charge on any atom is -0.476 e. The molecule has 0 aliphatic carbocycles. The molecular formula is C10H11N5O2. The summed E-state index contributed by atoms with van der Waals surface area (Å²) in [5.74, 6) is -0.816. The summed E-state index contributed by atoms with van der Waals surface area (Å²) in [6.45, 7) is 1.23. The minimum absolute atomic E-state index is 0.0712. The van der Waals surface area contributed by atoms with Crippen LogP contribution in [-0.4, -0.2) is 37.1 Å². The van der Waals surface area contributed by atoms with Gasteiger partial charge in [0.25, 0.3) is 0 Å². The average molecular weight is 233 g/mol. The maximum atomic E-state index is 10.9. The number of aromatic nitrogens is 4. The highest BCUT2D eigenvalue weighted by Crippen LogP contribution is 2.07. The fraction of sp³-hybridized carbons (Fsp3) is 0.200. The predicted octanol–water partition coefficient (Wildman–Crippen LogP) is 0.483. The number of nitrogens with one attached hydrogen (secondary N) is 1. The van der Waals surface area contributed by atoms with Gasteiger partial charge in [0, 0.05) is 37.9 Å². The summed E-state index contributed by atoms with van der Waals surface area (Å²) in [5, 5.41) is 11.8. The van der Waals surface area contributed by atoms with Gasteiger partial charge in [-0.25, -0.2) is 19.7 Å². The molecule has 2 aromatic rings. The molecule has 2 N–H and O–H groups in total. The zero-order chi connectivity index (χ0) is 12.1. The van der Waals surface area contributed by atoms with Gasteiger partial charge in [-0.05, 0) is 0 Å². The number of aromatic carboxylic acids is 1. The van der Waals surface area contributed by atoms with Crippen molar-refractivity contribution in [3.63, 3.8) is 0 Å². The Morgan fingerprint density at radius 1 is 1.35 bits per heavy atom. The smallest absolute Gasteiger partial charge is 0.358 e. The van der Waals surface area contributed by atoms with E-state index in [2.05, 4.69) is 20.3 Å². The summed E-state index contributed by atoms with van der Waals surface area (Å²) < 4.78 is 1.88. The number of carboxylic acids is 1. The summed E-state index contributed by atoms with van der Waals surface area (Å²) in [5.41, 5.74) is -0.0712. The first-order chi connectivity index (χ1) is 8.27. The van der Waals surface area contributed by atoms with E-state index in [0.29, 0.717) is 13.1 Å². The van der Waals surface area contributed by atoms with Crippen molar-refractivity contribution in [2.45, 2.75) is 6.54 Å². The Balaban J connectivity index is 1.97. The van der Waals surface area contributed by atoms with E-state index in [9.17, 15) is 4.79 Å². The van der Waals surface area contributed by atoms with Gasteiger partial charge in [0.1, 0.15) is 0 Å². The molecule has 7 nitrogen and oxygen atoms in total. The molecule has 2 aromatic heterocycles. The molecular weight excluding hydrogens is 222 g/mol. The lowest BCUT2D eigenvalue weighted by Crippen LogP contribution is -2.14. The largest absolute Gasteiger partial charge is 0.476 e. The van der Waals surface area contributed by atoms with E-state index in [1.54, 1.807) is 12.5 Å². The highest BCUT2D eigenvalue weighted by atomic mass is 16.4. The third-order valence-electron chi connectivity index (χ3n) is 2.12. The van der Waals surface area contributed by atoms with Gasteiger partial charge in [0.2, 0.25) is 0 Å². The molecule has 2 heterocycles. The number of imidazole rings is 1. The number of hydrogen-bond donors (Lipinski definition) is 2. The van der Waals surface area contributed by atoms with E-state index in [1.807, 2.05) is 10.8 Å². The molecule has 0 atom stereocenters. The molecule has 0 unspecified atom stereocenters. The summed E-state index contributed by atoms with van der Waals surface area (Å²) >= 11 is 0. The van der Waals surface area contributed by atoms with Crippen LogP contribution in [0.2, 0.25) is 0 Å². The van der Waals surface area contributed by atoms with Gasteiger partial charge in [-0.3, -0.25) is 0 Å². The van der Waals surface area contributed by atoms with Crippen molar-refractivity contribution in [2.24, 2.45) is 0 Å². The fourth-order valence-electron chi connectivity index (χ4n) is 1.35. The van der Waals surface area contributed by atoms with Crippen LogP contribution in [0.25, 0.3) is 0 Å². The Labute approximate surface area is 97.2 Å². The Morgan fingerprint density at radius 3 is 2.88 bits per heavy atom. The number of rotatable bonds is 5. The van der Waals surface area contributed by atoms with E-state index >= 15 is 0 Å². The first kappa shape index (κ1) is 11.1.